The number of rotatable bonds is 5. The molecule has 1 aromatic heterocycles. The molecule has 0 radical (unpaired) electrons. The van der Waals surface area contributed by atoms with Gasteiger partial charge in [0.2, 0.25) is 0 Å². The highest BCUT2D eigenvalue weighted by Gasteiger charge is 2.12. The minimum absolute atomic E-state index is 0.256. The highest BCUT2D eigenvalue weighted by Crippen LogP contribution is 2.29. The number of halogens is 1. The normalized spacial score (nSPS) is 12.2. The zero-order valence-corrected chi connectivity index (χ0v) is 12.6. The number of pyridine rings is 1. The van der Waals surface area contributed by atoms with Crippen LogP contribution in [0.3, 0.4) is 0 Å². The lowest BCUT2D eigenvalue weighted by atomic mass is 10.00. The van der Waals surface area contributed by atoms with Crippen LogP contribution in [0.4, 0.5) is 0 Å². The van der Waals surface area contributed by atoms with Crippen molar-refractivity contribution in [1.29, 1.82) is 0 Å². The van der Waals surface area contributed by atoms with Crippen LogP contribution in [0.15, 0.2) is 47.2 Å². The van der Waals surface area contributed by atoms with Crippen LogP contribution in [0.5, 0.6) is 5.75 Å². The summed E-state index contributed by atoms with van der Waals surface area (Å²) in [5.41, 5.74) is 2.44. The molecule has 4 heteroatoms. The van der Waals surface area contributed by atoms with E-state index in [9.17, 15) is 0 Å². The van der Waals surface area contributed by atoms with E-state index in [0.29, 0.717) is 0 Å². The Balaban J connectivity index is 2.20. The van der Waals surface area contributed by atoms with Crippen LogP contribution >= 0.6 is 15.9 Å². The minimum atomic E-state index is 0.256. The summed E-state index contributed by atoms with van der Waals surface area (Å²) >= 11 is 3.53. The van der Waals surface area contributed by atoms with Gasteiger partial charge in [0.15, 0.2) is 0 Å². The molecular formula is C15H17BrN2O. The van der Waals surface area contributed by atoms with E-state index in [1.807, 2.05) is 25.4 Å². The van der Waals surface area contributed by atoms with Gasteiger partial charge < -0.3 is 10.1 Å². The van der Waals surface area contributed by atoms with Crippen molar-refractivity contribution in [2.75, 3.05) is 14.2 Å². The molecule has 0 saturated carbocycles. The van der Waals surface area contributed by atoms with Crippen LogP contribution in [-0.2, 0) is 6.42 Å². The molecule has 1 heterocycles. The van der Waals surface area contributed by atoms with E-state index in [4.69, 9.17) is 4.74 Å². The average molecular weight is 321 g/mol. The van der Waals surface area contributed by atoms with Gasteiger partial charge in [-0.25, -0.2) is 0 Å². The molecule has 0 amide bonds. The van der Waals surface area contributed by atoms with E-state index in [0.717, 1.165) is 16.6 Å². The second kappa shape index (κ2) is 6.68. The maximum absolute atomic E-state index is 5.25. The Morgan fingerprint density at radius 2 is 2.21 bits per heavy atom. The smallest absolute Gasteiger partial charge is 0.133 e. The third kappa shape index (κ3) is 3.55. The fourth-order valence-electron chi connectivity index (χ4n) is 2.04. The summed E-state index contributed by atoms with van der Waals surface area (Å²) in [7, 11) is 3.64. The molecule has 0 saturated heterocycles. The Bertz CT molecular complexity index is 531. The molecule has 0 bridgehead atoms. The summed E-state index contributed by atoms with van der Waals surface area (Å²) in [6.07, 6.45) is 4.61. The number of nitrogens with zero attached hydrogens (tertiary/aromatic N) is 1. The van der Waals surface area contributed by atoms with Gasteiger partial charge in [0, 0.05) is 18.4 Å². The first-order chi connectivity index (χ1) is 9.24. The molecular weight excluding hydrogens is 304 g/mol. The third-order valence-corrected chi connectivity index (χ3v) is 3.71. The van der Waals surface area contributed by atoms with Crippen molar-refractivity contribution >= 4 is 15.9 Å². The SMILES string of the molecule is CNC(Cc1cccnc1)c1ccc(OC)c(Br)c1. The van der Waals surface area contributed by atoms with E-state index in [2.05, 4.69) is 44.4 Å². The molecule has 100 valence electrons. The monoisotopic (exact) mass is 320 g/mol. The zero-order valence-electron chi connectivity index (χ0n) is 11.1. The van der Waals surface area contributed by atoms with Gasteiger partial charge in [-0.1, -0.05) is 12.1 Å². The molecule has 1 unspecified atom stereocenters. The van der Waals surface area contributed by atoms with Crippen molar-refractivity contribution in [3.8, 4) is 5.75 Å². The summed E-state index contributed by atoms with van der Waals surface area (Å²) in [4.78, 5) is 4.15. The second-order valence-electron chi connectivity index (χ2n) is 4.30. The van der Waals surface area contributed by atoms with E-state index < -0.39 is 0 Å². The van der Waals surface area contributed by atoms with Gasteiger partial charge >= 0.3 is 0 Å². The molecule has 0 aliphatic carbocycles. The van der Waals surface area contributed by atoms with Gasteiger partial charge in [-0.3, -0.25) is 4.98 Å². The maximum atomic E-state index is 5.25. The fraction of sp³-hybridized carbons (Fsp3) is 0.267. The van der Waals surface area contributed by atoms with Gasteiger partial charge in [0.25, 0.3) is 0 Å². The van der Waals surface area contributed by atoms with Crippen LogP contribution in [0.25, 0.3) is 0 Å². The lowest BCUT2D eigenvalue weighted by Crippen LogP contribution is -2.18. The Morgan fingerprint density at radius 3 is 2.79 bits per heavy atom. The first-order valence-corrected chi connectivity index (χ1v) is 6.93. The van der Waals surface area contributed by atoms with Crippen LogP contribution in [-0.4, -0.2) is 19.1 Å². The van der Waals surface area contributed by atoms with Crippen molar-refractivity contribution < 1.29 is 4.74 Å². The third-order valence-electron chi connectivity index (χ3n) is 3.09. The predicted molar refractivity (Wildman–Crippen MR) is 80.4 cm³/mol. The Morgan fingerprint density at radius 1 is 1.37 bits per heavy atom. The lowest BCUT2D eigenvalue weighted by molar-refractivity contribution is 0.411. The van der Waals surface area contributed by atoms with Crippen LogP contribution in [0, 0.1) is 0 Å². The quantitative estimate of drug-likeness (QED) is 0.917. The molecule has 0 spiro atoms. The standard InChI is InChI=1S/C15H17BrN2O/c1-17-14(8-11-4-3-7-18-10-11)12-5-6-15(19-2)13(16)9-12/h3-7,9-10,14,17H,8H2,1-2H3. The second-order valence-corrected chi connectivity index (χ2v) is 5.15. The van der Waals surface area contributed by atoms with Crippen LogP contribution in [0.2, 0.25) is 0 Å². The van der Waals surface area contributed by atoms with E-state index in [1.54, 1.807) is 13.3 Å². The summed E-state index contributed by atoms with van der Waals surface area (Å²) in [6.45, 7) is 0. The minimum Gasteiger partial charge on any atom is -0.496 e. The number of ether oxygens (including phenoxy) is 1. The average Bonchev–Trinajstić information content (AvgIpc) is 2.46. The molecule has 0 fully saturated rings. The lowest BCUT2D eigenvalue weighted by Gasteiger charge is -2.17. The van der Waals surface area contributed by atoms with Gasteiger partial charge in [0.1, 0.15) is 5.75 Å². The number of benzene rings is 1. The Kier molecular flexibility index (Phi) is 4.93. The highest BCUT2D eigenvalue weighted by atomic mass is 79.9. The molecule has 3 nitrogen and oxygen atoms in total. The first kappa shape index (κ1) is 14.0. The molecule has 1 atom stereocenters. The van der Waals surface area contributed by atoms with Crippen molar-refractivity contribution in [2.45, 2.75) is 12.5 Å². The maximum Gasteiger partial charge on any atom is 0.133 e. The topological polar surface area (TPSA) is 34.2 Å². The number of hydrogen-bond donors (Lipinski definition) is 1. The predicted octanol–water partition coefficient (Wildman–Crippen LogP) is 3.36. The first-order valence-electron chi connectivity index (χ1n) is 6.14. The molecule has 1 N–H and O–H groups in total. The molecule has 19 heavy (non-hydrogen) atoms. The molecule has 2 aromatic rings. The molecule has 0 aliphatic heterocycles. The van der Waals surface area contributed by atoms with Crippen LogP contribution < -0.4 is 10.1 Å². The van der Waals surface area contributed by atoms with Crippen LogP contribution in [0.1, 0.15) is 17.2 Å². The number of hydrogen-bond acceptors (Lipinski definition) is 3. The Labute approximate surface area is 122 Å². The van der Waals surface area contributed by atoms with Crippen molar-refractivity contribution in [3.05, 3.63) is 58.3 Å². The largest absolute Gasteiger partial charge is 0.496 e. The fourth-order valence-corrected chi connectivity index (χ4v) is 2.60. The molecule has 1 aromatic carbocycles. The molecule has 0 aliphatic rings. The summed E-state index contributed by atoms with van der Waals surface area (Å²) in [5.74, 6) is 0.847. The van der Waals surface area contributed by atoms with E-state index in [1.165, 1.54) is 11.1 Å². The van der Waals surface area contributed by atoms with Crippen molar-refractivity contribution in [1.82, 2.24) is 10.3 Å². The van der Waals surface area contributed by atoms with Gasteiger partial charge in [0.05, 0.1) is 11.6 Å². The van der Waals surface area contributed by atoms with Gasteiger partial charge in [-0.15, -0.1) is 0 Å². The number of nitrogens with one attached hydrogen (secondary N) is 1. The summed E-state index contributed by atoms with van der Waals surface area (Å²) in [5, 5.41) is 3.34. The summed E-state index contributed by atoms with van der Waals surface area (Å²) in [6, 6.07) is 10.5. The van der Waals surface area contributed by atoms with Gasteiger partial charge in [-0.05, 0) is 58.7 Å². The molecule has 2 rings (SSSR count). The number of methoxy groups -OCH3 is 1. The zero-order chi connectivity index (χ0) is 13.7. The van der Waals surface area contributed by atoms with Crippen molar-refractivity contribution in [3.63, 3.8) is 0 Å². The van der Waals surface area contributed by atoms with E-state index in [-0.39, 0.29) is 6.04 Å². The Hall–Kier alpha value is -1.39. The number of likely N-dealkylation sites (N-methyl/N-ethyl adjacent to an activating group) is 1. The van der Waals surface area contributed by atoms with Crippen molar-refractivity contribution in [2.24, 2.45) is 0 Å². The van der Waals surface area contributed by atoms with E-state index >= 15 is 0 Å². The highest BCUT2D eigenvalue weighted by molar-refractivity contribution is 9.10. The van der Waals surface area contributed by atoms with Gasteiger partial charge in [-0.2, -0.15) is 0 Å². The summed E-state index contributed by atoms with van der Waals surface area (Å²) < 4.78 is 6.23. The number of aromatic nitrogens is 1.